The Hall–Kier alpha value is -1.00. The highest BCUT2D eigenvalue weighted by molar-refractivity contribution is 5.87. The molecule has 0 aromatic heterocycles. The van der Waals surface area contributed by atoms with Gasteiger partial charge in [-0.05, 0) is 6.92 Å². The molecule has 0 fully saturated rings. The number of carbonyl (C=O) groups is 1. The van der Waals surface area contributed by atoms with Crippen molar-refractivity contribution < 1.29 is 23.0 Å². The molecule has 0 N–H and O–H groups in total. The molecule has 0 saturated carbocycles. The molecule has 0 rings (SSSR count). The third kappa shape index (κ3) is 2.16. The second-order valence-electron chi connectivity index (χ2n) is 1.25. The highest BCUT2D eigenvalue weighted by atomic mass is 19.3. The highest BCUT2D eigenvalue weighted by Crippen LogP contribution is 2.07. The lowest BCUT2D eigenvalue weighted by Gasteiger charge is -1.88. The molecule has 0 amide bonds. The van der Waals surface area contributed by atoms with Crippen LogP contribution in [0, 0.1) is 0 Å². The molecule has 0 spiro atoms. The van der Waals surface area contributed by atoms with E-state index in [1.807, 2.05) is 0 Å². The van der Waals surface area contributed by atoms with Crippen LogP contribution in [0.15, 0.2) is 11.7 Å². The van der Waals surface area contributed by atoms with Crippen molar-refractivity contribution in [3.05, 3.63) is 11.7 Å². The Morgan fingerprint density at radius 3 is 2.00 bits per heavy atom. The summed E-state index contributed by atoms with van der Waals surface area (Å²) in [6, 6.07) is 0. The number of halogens is 3. The van der Waals surface area contributed by atoms with Gasteiger partial charge in [-0.2, -0.15) is 8.78 Å². The zero-order valence-corrected chi connectivity index (χ0v) is 4.45. The molecule has 0 atom stereocenters. The van der Waals surface area contributed by atoms with Gasteiger partial charge in [0.25, 0.3) is 6.08 Å². The SMILES string of the molecule is CC(C(=O)OF)=C(F)F. The summed E-state index contributed by atoms with van der Waals surface area (Å²) in [7, 11) is 0. The van der Waals surface area contributed by atoms with E-state index in [0.717, 1.165) is 6.92 Å². The first-order chi connectivity index (χ1) is 4.09. The van der Waals surface area contributed by atoms with Crippen LogP contribution in [0.3, 0.4) is 0 Å². The molecule has 0 heterocycles. The van der Waals surface area contributed by atoms with E-state index in [-0.39, 0.29) is 0 Å². The molecule has 0 aromatic rings. The molecule has 52 valence electrons. The summed E-state index contributed by atoms with van der Waals surface area (Å²) in [6.45, 7) is 0.761. The van der Waals surface area contributed by atoms with Crippen LogP contribution in [0.2, 0.25) is 0 Å². The molecule has 0 unspecified atom stereocenters. The minimum absolute atomic E-state index is 0.761. The molecule has 0 aliphatic carbocycles. The third-order valence-corrected chi connectivity index (χ3v) is 0.660. The van der Waals surface area contributed by atoms with Crippen molar-refractivity contribution in [2.45, 2.75) is 6.92 Å². The molecule has 2 nitrogen and oxygen atoms in total. The van der Waals surface area contributed by atoms with E-state index in [1.165, 1.54) is 0 Å². The van der Waals surface area contributed by atoms with Gasteiger partial charge in [0.1, 0.15) is 5.57 Å². The summed E-state index contributed by atoms with van der Waals surface area (Å²) in [5.41, 5.74) is -1.02. The number of carbonyl (C=O) groups excluding carboxylic acids is 1. The Kier molecular flexibility index (Phi) is 2.77. The molecule has 5 heteroatoms. The summed E-state index contributed by atoms with van der Waals surface area (Å²) in [5, 5.41) is 0. The van der Waals surface area contributed by atoms with Crippen LogP contribution in [0.4, 0.5) is 13.3 Å². The van der Waals surface area contributed by atoms with Gasteiger partial charge >= 0.3 is 5.97 Å². The van der Waals surface area contributed by atoms with Gasteiger partial charge in [0.15, 0.2) is 0 Å². The molecule has 0 radical (unpaired) electrons. The fraction of sp³-hybridized carbons (Fsp3) is 0.250. The van der Waals surface area contributed by atoms with Crippen molar-refractivity contribution in [2.24, 2.45) is 0 Å². The van der Waals surface area contributed by atoms with E-state index in [0.29, 0.717) is 0 Å². The monoisotopic (exact) mass is 140 g/mol. The summed E-state index contributed by atoms with van der Waals surface area (Å²) < 4.78 is 33.3. The first-order valence-corrected chi connectivity index (χ1v) is 1.94. The van der Waals surface area contributed by atoms with Crippen molar-refractivity contribution >= 4 is 5.97 Å². The Balaban J connectivity index is 4.21. The van der Waals surface area contributed by atoms with Gasteiger partial charge in [-0.15, -0.1) is 0 Å². The molecule has 0 aliphatic heterocycles. The van der Waals surface area contributed by atoms with Gasteiger partial charge in [-0.1, -0.05) is 0 Å². The van der Waals surface area contributed by atoms with Gasteiger partial charge < -0.3 is 0 Å². The van der Waals surface area contributed by atoms with Crippen molar-refractivity contribution in [3.8, 4) is 0 Å². The topological polar surface area (TPSA) is 26.3 Å². The van der Waals surface area contributed by atoms with Crippen molar-refractivity contribution in [2.75, 3.05) is 0 Å². The lowest BCUT2D eigenvalue weighted by Crippen LogP contribution is -1.99. The van der Waals surface area contributed by atoms with Crippen LogP contribution in [0.5, 0.6) is 0 Å². The third-order valence-electron chi connectivity index (χ3n) is 0.660. The van der Waals surface area contributed by atoms with Crippen LogP contribution in [-0.4, -0.2) is 5.97 Å². The number of hydrogen-bond acceptors (Lipinski definition) is 2. The van der Waals surface area contributed by atoms with Gasteiger partial charge in [-0.25, -0.2) is 9.74 Å². The first-order valence-electron chi connectivity index (χ1n) is 1.94. The van der Waals surface area contributed by atoms with Gasteiger partial charge in [0.2, 0.25) is 0 Å². The fourth-order valence-electron chi connectivity index (χ4n) is 0.135. The van der Waals surface area contributed by atoms with Crippen molar-refractivity contribution in [1.29, 1.82) is 0 Å². The summed E-state index contributed by atoms with van der Waals surface area (Å²) >= 11 is 0. The number of hydrogen-bond donors (Lipinski definition) is 0. The van der Waals surface area contributed by atoms with Crippen LogP contribution in [0.25, 0.3) is 0 Å². The summed E-state index contributed by atoms with van der Waals surface area (Å²) in [4.78, 5) is 12.3. The molecule has 0 aromatic carbocycles. The minimum Gasteiger partial charge on any atom is -0.250 e. The van der Waals surface area contributed by atoms with Crippen LogP contribution in [0.1, 0.15) is 6.92 Å². The molecule has 9 heavy (non-hydrogen) atoms. The van der Waals surface area contributed by atoms with E-state index < -0.39 is 17.6 Å². The second-order valence-corrected chi connectivity index (χ2v) is 1.25. The quantitative estimate of drug-likeness (QED) is 0.517. The standard InChI is InChI=1S/C4H3F3O2/c1-2(3(5)6)4(8)9-7/h1H3. The van der Waals surface area contributed by atoms with Crippen LogP contribution >= 0.6 is 0 Å². The van der Waals surface area contributed by atoms with Gasteiger partial charge in [0.05, 0.1) is 0 Å². The minimum atomic E-state index is -2.24. The fourth-order valence-corrected chi connectivity index (χ4v) is 0.135. The van der Waals surface area contributed by atoms with Crippen LogP contribution < -0.4 is 0 Å². The first kappa shape index (κ1) is 8.00. The molecular formula is C4H3F3O2. The van der Waals surface area contributed by atoms with Gasteiger partial charge in [-0.3, -0.25) is 0 Å². The van der Waals surface area contributed by atoms with Crippen molar-refractivity contribution in [1.82, 2.24) is 0 Å². The van der Waals surface area contributed by atoms with E-state index in [1.54, 1.807) is 0 Å². The Labute approximate surface area is 48.8 Å². The Bertz CT molecular complexity index is 148. The maximum Gasteiger partial charge on any atom is 0.380 e. The predicted octanol–water partition coefficient (Wildman–Crippen LogP) is 1.58. The van der Waals surface area contributed by atoms with E-state index in [2.05, 4.69) is 4.94 Å². The van der Waals surface area contributed by atoms with E-state index >= 15 is 0 Å². The smallest absolute Gasteiger partial charge is 0.250 e. The van der Waals surface area contributed by atoms with Crippen LogP contribution in [-0.2, 0) is 9.74 Å². The average molecular weight is 140 g/mol. The zero-order valence-electron chi connectivity index (χ0n) is 4.45. The molecule has 0 saturated heterocycles. The lowest BCUT2D eigenvalue weighted by atomic mass is 10.3. The molecule has 0 bridgehead atoms. The largest absolute Gasteiger partial charge is 0.380 e. The van der Waals surface area contributed by atoms with E-state index in [4.69, 9.17) is 0 Å². The Morgan fingerprint density at radius 1 is 1.44 bits per heavy atom. The van der Waals surface area contributed by atoms with Gasteiger partial charge in [0, 0.05) is 4.53 Å². The summed E-state index contributed by atoms with van der Waals surface area (Å²) in [5.74, 6) is -1.66. The Morgan fingerprint density at radius 2 is 1.89 bits per heavy atom. The maximum atomic E-state index is 11.3. The maximum absolute atomic E-state index is 11.3. The predicted molar refractivity (Wildman–Crippen MR) is 22.1 cm³/mol. The second kappa shape index (κ2) is 3.11. The average Bonchev–Trinajstić information content (AvgIpc) is 1.84. The summed E-state index contributed by atoms with van der Waals surface area (Å²) in [6.07, 6.45) is -2.24. The van der Waals surface area contributed by atoms with Crippen molar-refractivity contribution in [3.63, 3.8) is 0 Å². The lowest BCUT2D eigenvalue weighted by molar-refractivity contribution is -0.178. The molecule has 0 aliphatic rings. The highest BCUT2D eigenvalue weighted by Gasteiger charge is 2.11. The zero-order chi connectivity index (χ0) is 7.44. The molecular weight excluding hydrogens is 137 g/mol. The number of rotatable bonds is 1. The van der Waals surface area contributed by atoms with E-state index in [9.17, 15) is 18.1 Å². The normalized spacial score (nSPS) is 8.44.